The van der Waals surface area contributed by atoms with E-state index in [1.54, 1.807) is 36.4 Å². The number of ether oxygens (including phenoxy) is 1. The van der Waals surface area contributed by atoms with Gasteiger partial charge in [-0.15, -0.1) is 18.3 Å². The lowest BCUT2D eigenvalue weighted by Gasteiger charge is -2.14. The first kappa shape index (κ1) is 18.9. The maximum atomic E-state index is 13.4. The van der Waals surface area contributed by atoms with Gasteiger partial charge in [0.2, 0.25) is 0 Å². The van der Waals surface area contributed by atoms with E-state index >= 15 is 0 Å². The monoisotopic (exact) mass is 364 g/mol. The van der Waals surface area contributed by atoms with Gasteiger partial charge in [0.15, 0.2) is 0 Å². The van der Waals surface area contributed by atoms with E-state index in [0.717, 1.165) is 17.8 Å². The first-order valence-electron chi connectivity index (χ1n) is 7.40. The van der Waals surface area contributed by atoms with Crippen LogP contribution in [0.1, 0.15) is 18.1 Å². The van der Waals surface area contributed by atoms with Crippen LogP contribution in [0.3, 0.4) is 0 Å². The van der Waals surface area contributed by atoms with Gasteiger partial charge in [-0.25, -0.2) is 4.98 Å². The molecule has 0 bridgehead atoms. The number of hydrogen-bond acceptors (Lipinski definition) is 4. The van der Waals surface area contributed by atoms with Crippen LogP contribution in [0.15, 0.2) is 48.0 Å². The molecule has 0 atom stereocenters. The van der Waals surface area contributed by atoms with Crippen LogP contribution in [0.2, 0.25) is 0 Å². The van der Waals surface area contributed by atoms with Crippen LogP contribution in [0, 0.1) is 11.3 Å². The molecule has 0 amide bonds. The number of aromatic nitrogens is 1. The Labute approximate surface area is 148 Å². The van der Waals surface area contributed by atoms with Gasteiger partial charge in [0.1, 0.15) is 16.8 Å². The molecule has 0 radical (unpaired) electrons. The zero-order chi connectivity index (χ0) is 18.4. The van der Waals surface area contributed by atoms with Crippen molar-refractivity contribution in [1.82, 2.24) is 4.98 Å². The largest absolute Gasteiger partial charge is 0.494 e. The Morgan fingerprint density at radius 3 is 2.52 bits per heavy atom. The summed E-state index contributed by atoms with van der Waals surface area (Å²) in [5.41, 5.74) is -0.783. The Kier molecular flexibility index (Phi) is 6.10. The molecule has 25 heavy (non-hydrogen) atoms. The number of nitrogens with zero attached hydrogens (tertiary/aromatic N) is 2. The summed E-state index contributed by atoms with van der Waals surface area (Å²) in [6.07, 6.45) is -3.10. The molecule has 0 saturated heterocycles. The zero-order valence-corrected chi connectivity index (χ0v) is 14.2. The molecule has 1 heterocycles. The average Bonchev–Trinajstić information content (AvgIpc) is 2.59. The summed E-state index contributed by atoms with van der Waals surface area (Å²) in [5, 5.41) is 9.22. The minimum atomic E-state index is -4.64. The van der Waals surface area contributed by atoms with E-state index in [9.17, 15) is 18.4 Å². The molecule has 2 rings (SSSR count). The van der Waals surface area contributed by atoms with Crippen molar-refractivity contribution in [2.75, 3.05) is 12.4 Å². The summed E-state index contributed by atoms with van der Waals surface area (Å²) >= 11 is 1.05. The number of halogens is 3. The molecule has 1 aromatic heterocycles. The Hall–Kier alpha value is -2.46. The summed E-state index contributed by atoms with van der Waals surface area (Å²) < 4.78 is 45.4. The molecule has 0 unspecified atom stereocenters. The molecule has 7 heteroatoms. The quantitative estimate of drug-likeness (QED) is 0.514. The number of rotatable bonds is 6. The van der Waals surface area contributed by atoms with Crippen LogP contribution >= 0.6 is 11.8 Å². The van der Waals surface area contributed by atoms with Gasteiger partial charge in [-0.2, -0.15) is 18.4 Å². The summed E-state index contributed by atoms with van der Waals surface area (Å²) in [5.74, 6) is 0.975. The maximum Gasteiger partial charge on any atom is 0.417 e. The second kappa shape index (κ2) is 8.08. The molecule has 130 valence electrons. The minimum absolute atomic E-state index is 0.0427. The molecular formula is C18H15F3N2OS. The highest BCUT2D eigenvalue weighted by Crippen LogP contribution is 2.38. The third-order valence-electron chi connectivity index (χ3n) is 3.20. The van der Waals surface area contributed by atoms with Crippen molar-refractivity contribution in [3.63, 3.8) is 0 Å². The zero-order valence-electron chi connectivity index (χ0n) is 13.4. The summed E-state index contributed by atoms with van der Waals surface area (Å²) in [4.78, 5) is 4.25. The van der Waals surface area contributed by atoms with Gasteiger partial charge < -0.3 is 4.74 Å². The fourth-order valence-electron chi connectivity index (χ4n) is 2.13. The van der Waals surface area contributed by atoms with E-state index < -0.39 is 17.3 Å². The van der Waals surface area contributed by atoms with E-state index in [1.165, 1.54) is 0 Å². The van der Waals surface area contributed by atoms with Crippen molar-refractivity contribution in [2.45, 2.75) is 18.1 Å². The summed E-state index contributed by atoms with van der Waals surface area (Å²) in [6, 6.07) is 9.15. The average molecular weight is 364 g/mol. The lowest BCUT2D eigenvalue weighted by Crippen LogP contribution is -2.10. The molecule has 0 aliphatic carbocycles. The van der Waals surface area contributed by atoms with E-state index in [4.69, 9.17) is 4.74 Å². The van der Waals surface area contributed by atoms with E-state index in [-0.39, 0.29) is 10.7 Å². The lowest BCUT2D eigenvalue weighted by atomic mass is 10.1. The Morgan fingerprint density at radius 2 is 2.00 bits per heavy atom. The Bertz CT molecular complexity index is 796. The molecule has 0 aliphatic rings. The second-order valence-corrected chi connectivity index (χ2v) is 5.91. The highest BCUT2D eigenvalue weighted by atomic mass is 32.2. The van der Waals surface area contributed by atoms with Crippen LogP contribution < -0.4 is 4.74 Å². The molecule has 1 aromatic carbocycles. The molecule has 0 aliphatic heterocycles. The van der Waals surface area contributed by atoms with Crippen LogP contribution in [-0.4, -0.2) is 17.3 Å². The van der Waals surface area contributed by atoms with E-state index in [2.05, 4.69) is 11.6 Å². The highest BCUT2D eigenvalue weighted by molar-refractivity contribution is 7.99. The highest BCUT2D eigenvalue weighted by Gasteiger charge is 2.36. The van der Waals surface area contributed by atoms with Crippen LogP contribution in [0.4, 0.5) is 13.2 Å². The molecular weight excluding hydrogens is 349 g/mol. The van der Waals surface area contributed by atoms with E-state index in [1.807, 2.05) is 6.92 Å². The number of nitriles is 1. The molecule has 0 N–H and O–H groups in total. The standard InChI is InChI=1S/C18H15F3N2OS/c1-3-9-25-17-14(11-22)15(18(19,20)21)10-16(23-17)12-5-7-13(8-6-12)24-4-2/h3,5-8,10H,1,4,9H2,2H3. The van der Waals surface area contributed by atoms with Crippen molar-refractivity contribution in [2.24, 2.45) is 0 Å². The first-order valence-corrected chi connectivity index (χ1v) is 8.38. The first-order chi connectivity index (χ1) is 11.9. The summed E-state index contributed by atoms with van der Waals surface area (Å²) in [6.45, 7) is 5.88. The van der Waals surface area contributed by atoms with Gasteiger partial charge in [0, 0.05) is 11.3 Å². The maximum absolute atomic E-state index is 13.4. The normalized spacial score (nSPS) is 11.0. The summed E-state index contributed by atoms with van der Waals surface area (Å²) in [7, 11) is 0. The fourth-order valence-corrected chi connectivity index (χ4v) is 2.87. The van der Waals surface area contributed by atoms with Crippen molar-refractivity contribution in [3.05, 3.63) is 54.1 Å². The van der Waals surface area contributed by atoms with Gasteiger partial charge in [0.05, 0.1) is 23.4 Å². The smallest absolute Gasteiger partial charge is 0.417 e. The van der Waals surface area contributed by atoms with Crippen LogP contribution in [0.5, 0.6) is 5.75 Å². The Balaban J connectivity index is 2.57. The third-order valence-corrected chi connectivity index (χ3v) is 4.17. The SMILES string of the molecule is C=CCSc1nc(-c2ccc(OCC)cc2)cc(C(F)(F)F)c1C#N. The molecule has 0 spiro atoms. The van der Waals surface area contributed by atoms with Gasteiger partial charge >= 0.3 is 6.18 Å². The predicted molar refractivity (Wildman–Crippen MR) is 91.5 cm³/mol. The van der Waals surface area contributed by atoms with Crippen LogP contribution in [-0.2, 0) is 6.18 Å². The van der Waals surface area contributed by atoms with Crippen molar-refractivity contribution >= 4 is 11.8 Å². The number of alkyl halides is 3. The Morgan fingerprint density at radius 1 is 1.32 bits per heavy atom. The van der Waals surface area contributed by atoms with Crippen LogP contribution in [0.25, 0.3) is 11.3 Å². The second-order valence-electron chi connectivity index (χ2n) is 4.90. The predicted octanol–water partition coefficient (Wildman–Crippen LogP) is 5.32. The van der Waals surface area contributed by atoms with Crippen molar-refractivity contribution in [3.8, 4) is 23.1 Å². The van der Waals surface area contributed by atoms with Crippen molar-refractivity contribution < 1.29 is 17.9 Å². The molecule has 3 nitrogen and oxygen atoms in total. The molecule has 0 fully saturated rings. The van der Waals surface area contributed by atoms with E-state index in [0.29, 0.717) is 23.7 Å². The van der Waals surface area contributed by atoms with Gasteiger partial charge in [-0.3, -0.25) is 0 Å². The lowest BCUT2D eigenvalue weighted by molar-refractivity contribution is -0.138. The number of hydrogen-bond donors (Lipinski definition) is 0. The topological polar surface area (TPSA) is 45.9 Å². The molecule has 2 aromatic rings. The molecule has 0 saturated carbocycles. The minimum Gasteiger partial charge on any atom is -0.494 e. The number of benzene rings is 1. The fraction of sp³-hybridized carbons (Fsp3) is 0.222. The van der Waals surface area contributed by atoms with Gasteiger partial charge in [-0.05, 0) is 37.3 Å². The third kappa shape index (κ3) is 4.54. The van der Waals surface area contributed by atoms with Gasteiger partial charge in [-0.1, -0.05) is 6.08 Å². The number of pyridine rings is 1. The number of thioether (sulfide) groups is 1. The van der Waals surface area contributed by atoms with Crippen molar-refractivity contribution in [1.29, 1.82) is 5.26 Å². The van der Waals surface area contributed by atoms with Gasteiger partial charge in [0.25, 0.3) is 0 Å².